The summed E-state index contributed by atoms with van der Waals surface area (Å²) in [5.41, 5.74) is 4.18. The van der Waals surface area contributed by atoms with Crippen molar-refractivity contribution in [2.75, 3.05) is 20.7 Å². The van der Waals surface area contributed by atoms with E-state index in [1.807, 2.05) is 67.7 Å². The molecule has 5 rings (SSSR count). The van der Waals surface area contributed by atoms with Gasteiger partial charge in [-0.15, -0.1) is 0 Å². The van der Waals surface area contributed by atoms with Gasteiger partial charge in [-0.3, -0.25) is 0 Å². The number of amides is 2. The van der Waals surface area contributed by atoms with Gasteiger partial charge in [0.25, 0.3) is 0 Å². The Morgan fingerprint density at radius 1 is 1.18 bits per heavy atom. The van der Waals surface area contributed by atoms with Crippen LogP contribution in [0.1, 0.15) is 23.6 Å². The van der Waals surface area contributed by atoms with Gasteiger partial charge in [-0.05, 0) is 23.8 Å². The van der Waals surface area contributed by atoms with E-state index >= 15 is 0 Å². The predicted octanol–water partition coefficient (Wildman–Crippen LogP) is 5.13. The van der Waals surface area contributed by atoms with Crippen LogP contribution in [0.3, 0.4) is 0 Å². The van der Waals surface area contributed by atoms with Crippen molar-refractivity contribution in [1.82, 2.24) is 20.5 Å². The number of ether oxygens (including phenoxy) is 1. The zero-order valence-corrected chi connectivity index (χ0v) is 20.2. The number of allylic oxidation sites excluding steroid dienone is 3. The Kier molecular flexibility index (Phi) is 5.98. The molecule has 9 heteroatoms. The molecule has 2 amide bonds. The van der Waals surface area contributed by atoms with Crippen molar-refractivity contribution in [1.29, 1.82) is 0 Å². The summed E-state index contributed by atoms with van der Waals surface area (Å²) < 4.78 is 5.73. The van der Waals surface area contributed by atoms with Gasteiger partial charge in [0.1, 0.15) is 5.75 Å². The predicted molar refractivity (Wildman–Crippen MR) is 135 cm³/mol. The first-order chi connectivity index (χ1) is 16.5. The molecule has 0 aromatic heterocycles. The molecule has 2 aromatic rings. The fraction of sp³-hybridized carbons (Fsp3) is 0.200. The summed E-state index contributed by atoms with van der Waals surface area (Å²) in [6, 6.07) is 12.8. The van der Waals surface area contributed by atoms with Gasteiger partial charge >= 0.3 is 6.03 Å². The maximum absolute atomic E-state index is 13.4. The van der Waals surface area contributed by atoms with E-state index in [0.717, 1.165) is 33.7 Å². The van der Waals surface area contributed by atoms with Gasteiger partial charge in [-0.25, -0.2) is 4.79 Å². The highest BCUT2D eigenvalue weighted by Gasteiger charge is 2.33. The number of carbonyl (C=O) groups is 1. The molecule has 0 unspecified atom stereocenters. The summed E-state index contributed by atoms with van der Waals surface area (Å²) in [5, 5.41) is 13.2. The molecule has 174 valence electrons. The zero-order chi connectivity index (χ0) is 23.8. The van der Waals surface area contributed by atoms with E-state index in [2.05, 4.69) is 15.7 Å². The molecule has 1 atom stereocenters. The van der Waals surface area contributed by atoms with E-state index < -0.39 is 0 Å². The minimum absolute atomic E-state index is 0.168. The Bertz CT molecular complexity index is 1280. The number of benzene rings is 2. The van der Waals surface area contributed by atoms with E-state index in [4.69, 9.17) is 27.9 Å². The lowest BCUT2D eigenvalue weighted by atomic mass is 9.95. The molecule has 3 heterocycles. The molecule has 0 fully saturated rings. The largest absolute Gasteiger partial charge is 0.493 e. The summed E-state index contributed by atoms with van der Waals surface area (Å²) >= 11 is 12.8. The Balaban J connectivity index is 1.51. The Morgan fingerprint density at radius 3 is 2.82 bits per heavy atom. The van der Waals surface area contributed by atoms with Gasteiger partial charge in [0.2, 0.25) is 0 Å². The van der Waals surface area contributed by atoms with Crippen molar-refractivity contribution in [3.05, 3.63) is 93.0 Å². The number of halogens is 2. The molecule has 0 saturated heterocycles. The average Bonchev–Trinajstić information content (AvgIpc) is 2.84. The molecule has 0 aliphatic carbocycles. The summed E-state index contributed by atoms with van der Waals surface area (Å²) in [4.78, 5) is 15.3. The minimum Gasteiger partial charge on any atom is -0.493 e. The first-order valence-electron chi connectivity index (χ1n) is 10.9. The van der Waals surface area contributed by atoms with Crippen LogP contribution < -0.4 is 15.4 Å². The normalized spacial score (nSPS) is 18.7. The van der Waals surface area contributed by atoms with E-state index in [9.17, 15) is 4.79 Å². The van der Waals surface area contributed by atoms with Crippen molar-refractivity contribution >= 4 is 41.0 Å². The first-order valence-corrected chi connectivity index (χ1v) is 11.6. The molecule has 7 nitrogen and oxygen atoms in total. The molecule has 2 N–H and O–H groups in total. The third-order valence-corrected chi connectivity index (χ3v) is 6.70. The summed E-state index contributed by atoms with van der Waals surface area (Å²) in [7, 11) is 3.74. The van der Waals surface area contributed by atoms with E-state index in [1.54, 1.807) is 12.3 Å². The van der Waals surface area contributed by atoms with Gasteiger partial charge in [-0.2, -0.15) is 10.1 Å². The standard InChI is InChI=1S/C25H23Cl2N5O2/c1-31(2)24-23-18(15(10-12-28-23)16-7-5-8-19(26)22(16)27)14-29-32(24)25(33)30-20-11-13-34-21-9-4-3-6-17(20)21/h3-10,12,14,20,28H,11,13H2,1-2H3,(H,30,33)/t20-/m0/s1. The SMILES string of the molecule is CN(C)C1=C2NC=CC(c3cccc(Cl)c3Cl)=C2C=NN1C(=O)N[C@H]1CCOc2ccccc21. The highest BCUT2D eigenvalue weighted by atomic mass is 35.5. The fourth-order valence-electron chi connectivity index (χ4n) is 4.32. The monoisotopic (exact) mass is 495 g/mol. The van der Waals surface area contributed by atoms with Crippen LogP contribution in [0.2, 0.25) is 10.0 Å². The second-order valence-electron chi connectivity index (χ2n) is 8.23. The number of nitrogens with zero attached hydrogens (tertiary/aromatic N) is 3. The molecule has 0 radical (unpaired) electrons. The number of dihydropyridines is 1. The number of para-hydroxylation sites is 1. The smallest absolute Gasteiger partial charge is 0.344 e. The summed E-state index contributed by atoms with van der Waals surface area (Å²) in [5.74, 6) is 1.40. The highest BCUT2D eigenvalue weighted by Crippen LogP contribution is 2.37. The Hall–Kier alpha value is -3.42. The van der Waals surface area contributed by atoms with Crippen molar-refractivity contribution in [3.8, 4) is 5.75 Å². The number of nitrogens with one attached hydrogen (secondary N) is 2. The third-order valence-electron chi connectivity index (χ3n) is 5.88. The van der Waals surface area contributed by atoms with Crippen LogP contribution >= 0.6 is 23.2 Å². The number of rotatable bonds is 3. The van der Waals surface area contributed by atoms with Crippen LogP contribution in [0.4, 0.5) is 4.79 Å². The summed E-state index contributed by atoms with van der Waals surface area (Å²) in [6.07, 6.45) is 6.09. The second kappa shape index (κ2) is 9.08. The lowest BCUT2D eigenvalue weighted by molar-refractivity contribution is 0.186. The van der Waals surface area contributed by atoms with Gasteiger partial charge in [0.15, 0.2) is 5.82 Å². The van der Waals surface area contributed by atoms with E-state index in [-0.39, 0.29) is 12.1 Å². The highest BCUT2D eigenvalue weighted by molar-refractivity contribution is 6.43. The van der Waals surface area contributed by atoms with Gasteiger partial charge < -0.3 is 20.3 Å². The molecule has 0 saturated carbocycles. The lowest BCUT2D eigenvalue weighted by Gasteiger charge is -2.35. The van der Waals surface area contributed by atoms with E-state index in [1.165, 1.54) is 5.01 Å². The van der Waals surface area contributed by atoms with Crippen LogP contribution in [0.5, 0.6) is 5.75 Å². The third kappa shape index (κ3) is 3.91. The lowest BCUT2D eigenvalue weighted by Crippen LogP contribution is -2.45. The maximum Gasteiger partial charge on any atom is 0.344 e. The maximum atomic E-state index is 13.4. The van der Waals surface area contributed by atoms with Crippen molar-refractivity contribution < 1.29 is 9.53 Å². The molecule has 0 bridgehead atoms. The molecule has 3 aliphatic rings. The van der Waals surface area contributed by atoms with Crippen LogP contribution in [0.15, 0.2) is 76.9 Å². The minimum atomic E-state index is -0.327. The first kappa shape index (κ1) is 22.4. The molecule has 3 aliphatic heterocycles. The van der Waals surface area contributed by atoms with Crippen molar-refractivity contribution in [2.45, 2.75) is 12.5 Å². The fourth-order valence-corrected chi connectivity index (χ4v) is 4.72. The van der Waals surface area contributed by atoms with Gasteiger partial charge in [-0.1, -0.05) is 53.5 Å². The van der Waals surface area contributed by atoms with Gasteiger partial charge in [0.05, 0.1) is 34.6 Å². The number of hydrogen-bond donors (Lipinski definition) is 2. The molecule has 34 heavy (non-hydrogen) atoms. The molecule has 0 spiro atoms. The Labute approximate surface area is 208 Å². The number of fused-ring (bicyclic) bond motifs is 2. The van der Waals surface area contributed by atoms with Crippen LogP contribution in [0.25, 0.3) is 5.57 Å². The molecule has 2 aromatic carbocycles. The molecular weight excluding hydrogens is 473 g/mol. The van der Waals surface area contributed by atoms with Crippen LogP contribution in [-0.4, -0.2) is 42.9 Å². The number of hydrogen-bond acceptors (Lipinski definition) is 5. The van der Waals surface area contributed by atoms with Crippen LogP contribution in [0, 0.1) is 0 Å². The topological polar surface area (TPSA) is 69.2 Å². The molecular formula is C25H23Cl2N5O2. The van der Waals surface area contributed by atoms with Crippen LogP contribution in [-0.2, 0) is 0 Å². The number of urea groups is 1. The number of carbonyl (C=O) groups excluding carboxylic acids is 1. The quantitative estimate of drug-likeness (QED) is 0.619. The summed E-state index contributed by atoms with van der Waals surface area (Å²) in [6.45, 7) is 0.538. The van der Waals surface area contributed by atoms with E-state index in [0.29, 0.717) is 28.9 Å². The Morgan fingerprint density at radius 2 is 2.00 bits per heavy atom. The zero-order valence-electron chi connectivity index (χ0n) is 18.7. The second-order valence-corrected chi connectivity index (χ2v) is 9.02. The van der Waals surface area contributed by atoms with Crippen molar-refractivity contribution in [3.63, 3.8) is 0 Å². The van der Waals surface area contributed by atoms with Crippen molar-refractivity contribution in [2.24, 2.45) is 5.10 Å². The number of hydrazone groups is 1. The van der Waals surface area contributed by atoms with Gasteiger partial charge in [0, 0.05) is 43.4 Å². The average molecular weight is 496 g/mol.